The second-order valence-electron chi connectivity index (χ2n) is 9.19. The van der Waals surface area contributed by atoms with Crippen LogP contribution in [0.25, 0.3) is 22.0 Å². The molecular weight excluding hydrogens is 427 g/mol. The fourth-order valence-electron chi connectivity index (χ4n) is 4.37. The number of ketones is 1. The number of hydrogen-bond acceptors (Lipinski definition) is 4. The monoisotopic (exact) mass is 454 g/mol. The van der Waals surface area contributed by atoms with Gasteiger partial charge in [0, 0.05) is 23.5 Å². The van der Waals surface area contributed by atoms with Gasteiger partial charge in [0.05, 0.1) is 21.8 Å². The van der Waals surface area contributed by atoms with Crippen molar-refractivity contribution in [1.29, 1.82) is 0 Å². The van der Waals surface area contributed by atoms with Crippen molar-refractivity contribution in [3.8, 4) is 16.9 Å². The quantitative estimate of drug-likeness (QED) is 0.399. The largest absolute Gasteiger partial charge is 0.504 e. The van der Waals surface area contributed by atoms with Gasteiger partial charge in [-0.15, -0.1) is 0 Å². The zero-order valence-electron chi connectivity index (χ0n) is 18.6. The first-order valence-corrected chi connectivity index (χ1v) is 11.5. The van der Waals surface area contributed by atoms with Gasteiger partial charge in [-0.2, -0.15) is 0 Å². The van der Waals surface area contributed by atoms with Crippen LogP contribution in [0.4, 0.5) is 10.1 Å². The molecule has 1 aliphatic rings. The highest BCUT2D eigenvalue weighted by Crippen LogP contribution is 2.37. The van der Waals surface area contributed by atoms with Gasteiger partial charge in [-0.1, -0.05) is 38.4 Å². The fraction of sp³-hybridized carbons (Fsp3) is 0.385. The van der Waals surface area contributed by atoms with Gasteiger partial charge in [0.1, 0.15) is 0 Å². The molecule has 168 valence electrons. The van der Waals surface area contributed by atoms with Gasteiger partial charge in [0.25, 0.3) is 0 Å². The number of nitrogens with one attached hydrogen (secondary N) is 1. The molecule has 2 aromatic carbocycles. The van der Waals surface area contributed by atoms with Crippen molar-refractivity contribution in [3.63, 3.8) is 0 Å². The predicted octanol–water partition coefficient (Wildman–Crippen LogP) is 7.23. The fourth-order valence-corrected chi connectivity index (χ4v) is 4.57. The number of nitrogens with zero attached hydrogens (tertiary/aromatic N) is 1. The summed E-state index contributed by atoms with van der Waals surface area (Å²) >= 11 is 6.00. The molecule has 0 unspecified atom stereocenters. The Kier molecular flexibility index (Phi) is 6.38. The van der Waals surface area contributed by atoms with Crippen molar-refractivity contribution in [2.24, 2.45) is 11.8 Å². The van der Waals surface area contributed by atoms with E-state index in [0.717, 1.165) is 53.8 Å². The number of phenols is 1. The van der Waals surface area contributed by atoms with Crippen LogP contribution in [0, 0.1) is 17.7 Å². The summed E-state index contributed by atoms with van der Waals surface area (Å²) in [5, 5.41) is 14.1. The average molecular weight is 455 g/mol. The number of rotatable bonds is 5. The number of anilines is 1. The first-order valence-electron chi connectivity index (χ1n) is 11.2. The van der Waals surface area contributed by atoms with Crippen LogP contribution in [0.1, 0.15) is 56.8 Å². The summed E-state index contributed by atoms with van der Waals surface area (Å²) in [6.45, 7) is 6.05. The number of halogens is 2. The number of fused-ring (bicyclic) bond motifs is 1. The van der Waals surface area contributed by atoms with Crippen molar-refractivity contribution in [2.45, 2.75) is 52.5 Å². The lowest BCUT2D eigenvalue weighted by Gasteiger charge is -2.29. The summed E-state index contributed by atoms with van der Waals surface area (Å²) in [4.78, 5) is 17.5. The molecule has 0 spiro atoms. The van der Waals surface area contributed by atoms with Crippen molar-refractivity contribution in [1.82, 2.24) is 4.98 Å². The van der Waals surface area contributed by atoms with E-state index in [9.17, 15) is 14.3 Å². The Labute approximate surface area is 192 Å². The molecule has 0 amide bonds. The zero-order chi connectivity index (χ0) is 23.0. The standard InChI is InChI=1S/C26H28ClFN2O2/c1-14(2)25(31)20-13-29-23-9-6-16(17-11-21(27)26(32)22(28)12-17)10-19(23)24(20)30-18-7-4-15(3)5-8-18/h6,9-15,18,32H,4-5,7-8H2,1-3H3,(H,29,30). The van der Waals surface area contributed by atoms with Crippen molar-refractivity contribution in [2.75, 3.05) is 5.32 Å². The molecule has 0 aliphatic heterocycles. The molecule has 0 atom stereocenters. The molecule has 0 bridgehead atoms. The van der Waals surface area contributed by atoms with E-state index in [4.69, 9.17) is 11.6 Å². The number of benzene rings is 2. The van der Waals surface area contributed by atoms with E-state index in [2.05, 4.69) is 17.2 Å². The van der Waals surface area contributed by atoms with Gasteiger partial charge in [-0.25, -0.2) is 4.39 Å². The minimum atomic E-state index is -0.774. The highest BCUT2D eigenvalue weighted by Gasteiger charge is 2.23. The molecule has 3 aromatic rings. The van der Waals surface area contributed by atoms with E-state index < -0.39 is 11.6 Å². The third-order valence-electron chi connectivity index (χ3n) is 6.37. The molecule has 1 aromatic heterocycles. The number of aromatic hydroxyl groups is 1. The minimum absolute atomic E-state index is 0.0372. The summed E-state index contributed by atoms with van der Waals surface area (Å²) in [5.41, 5.74) is 3.41. The summed E-state index contributed by atoms with van der Waals surface area (Å²) in [7, 11) is 0. The molecule has 6 heteroatoms. The van der Waals surface area contributed by atoms with Crippen molar-refractivity contribution >= 4 is 34.0 Å². The smallest absolute Gasteiger partial charge is 0.170 e. The predicted molar refractivity (Wildman–Crippen MR) is 128 cm³/mol. The Bertz CT molecular complexity index is 1150. The summed E-state index contributed by atoms with van der Waals surface area (Å²) < 4.78 is 14.1. The molecule has 4 rings (SSSR count). The molecule has 1 aliphatic carbocycles. The van der Waals surface area contributed by atoms with Gasteiger partial charge in [-0.3, -0.25) is 9.78 Å². The van der Waals surface area contributed by atoms with Crippen LogP contribution < -0.4 is 5.32 Å². The summed E-state index contributed by atoms with van der Waals surface area (Å²) in [6.07, 6.45) is 6.09. The maximum absolute atomic E-state index is 14.1. The van der Waals surface area contributed by atoms with E-state index in [1.165, 1.54) is 12.1 Å². The molecule has 1 fully saturated rings. The molecule has 32 heavy (non-hydrogen) atoms. The van der Waals surface area contributed by atoms with Crippen LogP contribution in [0.15, 0.2) is 36.5 Å². The second kappa shape index (κ2) is 9.07. The third-order valence-corrected chi connectivity index (χ3v) is 6.66. The van der Waals surface area contributed by atoms with Gasteiger partial charge in [0.2, 0.25) is 0 Å². The normalized spacial score (nSPS) is 18.8. The third kappa shape index (κ3) is 4.44. The topological polar surface area (TPSA) is 62.2 Å². The van der Waals surface area contributed by atoms with E-state index in [1.54, 1.807) is 6.20 Å². The van der Waals surface area contributed by atoms with Crippen molar-refractivity contribution in [3.05, 3.63) is 52.9 Å². The first-order chi connectivity index (χ1) is 15.2. The Balaban J connectivity index is 1.85. The van der Waals surface area contributed by atoms with Crippen LogP contribution in [0.5, 0.6) is 5.75 Å². The van der Waals surface area contributed by atoms with Crippen LogP contribution >= 0.6 is 11.6 Å². The Morgan fingerprint density at radius 2 is 1.88 bits per heavy atom. The number of hydrogen-bond donors (Lipinski definition) is 2. The van der Waals surface area contributed by atoms with Gasteiger partial charge in [0.15, 0.2) is 17.3 Å². The molecule has 0 saturated heterocycles. The lowest BCUT2D eigenvalue weighted by molar-refractivity contribution is 0.0940. The van der Waals surface area contributed by atoms with Crippen LogP contribution in [0.2, 0.25) is 5.02 Å². The van der Waals surface area contributed by atoms with E-state index in [0.29, 0.717) is 17.2 Å². The number of aromatic nitrogens is 1. The number of carbonyl (C=O) groups excluding carboxylic acids is 1. The maximum atomic E-state index is 14.1. The molecule has 2 N–H and O–H groups in total. The van der Waals surface area contributed by atoms with Gasteiger partial charge in [-0.05, 0) is 67.0 Å². The SMILES string of the molecule is CC1CCC(Nc2c(C(=O)C(C)C)cnc3ccc(-c4cc(F)c(O)c(Cl)c4)cc23)CC1. The number of pyridine rings is 1. The molecular formula is C26H28ClFN2O2. The Morgan fingerprint density at radius 3 is 2.53 bits per heavy atom. The lowest BCUT2D eigenvalue weighted by atomic mass is 9.87. The van der Waals surface area contributed by atoms with E-state index >= 15 is 0 Å². The first kappa shape index (κ1) is 22.5. The van der Waals surface area contributed by atoms with E-state index in [1.807, 2.05) is 32.0 Å². The second-order valence-corrected chi connectivity index (χ2v) is 9.59. The highest BCUT2D eigenvalue weighted by atomic mass is 35.5. The number of carbonyl (C=O) groups is 1. The zero-order valence-corrected chi connectivity index (χ0v) is 19.3. The molecule has 1 saturated carbocycles. The Morgan fingerprint density at radius 1 is 1.16 bits per heavy atom. The maximum Gasteiger partial charge on any atom is 0.170 e. The Hall–Kier alpha value is -2.66. The van der Waals surface area contributed by atoms with Crippen LogP contribution in [0.3, 0.4) is 0 Å². The number of Topliss-reactive ketones (excluding diaryl/α,β-unsaturated/α-hetero) is 1. The number of phenolic OH excluding ortho intramolecular Hbond substituents is 1. The summed E-state index contributed by atoms with van der Waals surface area (Å²) in [6, 6.07) is 8.70. The van der Waals surface area contributed by atoms with E-state index in [-0.39, 0.29) is 16.7 Å². The van der Waals surface area contributed by atoms with Crippen LogP contribution in [-0.2, 0) is 0 Å². The molecule has 0 radical (unpaired) electrons. The van der Waals surface area contributed by atoms with Crippen LogP contribution in [-0.4, -0.2) is 21.9 Å². The summed E-state index contributed by atoms with van der Waals surface area (Å²) in [5.74, 6) is -0.731. The molecule has 4 nitrogen and oxygen atoms in total. The van der Waals surface area contributed by atoms with Gasteiger partial charge < -0.3 is 10.4 Å². The van der Waals surface area contributed by atoms with Gasteiger partial charge >= 0.3 is 0 Å². The van der Waals surface area contributed by atoms with Crippen molar-refractivity contribution < 1.29 is 14.3 Å². The molecule has 1 heterocycles. The highest BCUT2D eigenvalue weighted by molar-refractivity contribution is 6.32. The lowest BCUT2D eigenvalue weighted by Crippen LogP contribution is -2.26. The average Bonchev–Trinajstić information content (AvgIpc) is 2.78. The minimum Gasteiger partial charge on any atom is -0.504 e.